The van der Waals surface area contributed by atoms with Crippen molar-refractivity contribution in [1.82, 2.24) is 5.32 Å². The van der Waals surface area contributed by atoms with Crippen molar-refractivity contribution in [3.8, 4) is 0 Å². The zero-order valence-corrected chi connectivity index (χ0v) is 8.91. The van der Waals surface area contributed by atoms with Gasteiger partial charge in [0.05, 0.1) is 0 Å². The van der Waals surface area contributed by atoms with Gasteiger partial charge in [-0.1, -0.05) is 0 Å². The van der Waals surface area contributed by atoms with Crippen LogP contribution in [0, 0.1) is 11.3 Å². The Morgan fingerprint density at radius 1 is 1.23 bits per heavy atom. The van der Waals surface area contributed by atoms with E-state index >= 15 is 0 Å². The van der Waals surface area contributed by atoms with Crippen LogP contribution in [0.2, 0.25) is 0 Å². The lowest BCUT2D eigenvalue weighted by molar-refractivity contribution is -0.0163. The minimum absolute atomic E-state index is 0. The molecule has 0 aromatic heterocycles. The second kappa shape index (κ2) is 4.63. The van der Waals surface area contributed by atoms with Crippen LogP contribution in [0.1, 0.15) is 32.1 Å². The lowest BCUT2D eigenvalue weighted by Crippen LogP contribution is -2.48. The van der Waals surface area contributed by atoms with Gasteiger partial charge in [-0.3, -0.25) is 0 Å². The van der Waals surface area contributed by atoms with Gasteiger partial charge in [-0.15, -0.1) is 12.4 Å². The monoisotopic (exact) mass is 205 g/mol. The van der Waals surface area contributed by atoms with Crippen LogP contribution in [0.25, 0.3) is 0 Å². The van der Waals surface area contributed by atoms with Crippen molar-refractivity contribution in [1.29, 1.82) is 0 Å². The van der Waals surface area contributed by atoms with Crippen LogP contribution in [0.4, 0.5) is 0 Å². The Morgan fingerprint density at radius 2 is 1.92 bits per heavy atom. The minimum atomic E-state index is 0. The number of nitrogens with one attached hydrogen (secondary N) is 1. The first-order valence-electron chi connectivity index (χ1n) is 5.19. The molecule has 2 rings (SSSR count). The van der Waals surface area contributed by atoms with Crippen LogP contribution in [0.3, 0.4) is 0 Å². The van der Waals surface area contributed by atoms with Crippen LogP contribution >= 0.6 is 12.4 Å². The molecule has 1 aliphatic heterocycles. The normalized spacial score (nSPS) is 30.7. The van der Waals surface area contributed by atoms with Crippen molar-refractivity contribution in [2.45, 2.75) is 32.1 Å². The van der Waals surface area contributed by atoms with Gasteiger partial charge in [0.2, 0.25) is 0 Å². The molecule has 0 amide bonds. The quantitative estimate of drug-likeness (QED) is 0.718. The molecule has 1 spiro atoms. The molecule has 2 fully saturated rings. The third kappa shape index (κ3) is 2.00. The van der Waals surface area contributed by atoms with E-state index in [0.29, 0.717) is 12.0 Å². The molecule has 2 nitrogen and oxygen atoms in total. The number of hydrogen-bond acceptors (Lipinski definition) is 2. The predicted octanol–water partition coefficient (Wildman–Crippen LogP) is 1.57. The van der Waals surface area contributed by atoms with Gasteiger partial charge in [0.1, 0.15) is 0 Å². The summed E-state index contributed by atoms with van der Waals surface area (Å²) in [4.78, 5) is 0. The summed E-state index contributed by atoms with van der Waals surface area (Å²) in [7, 11) is 0. The zero-order valence-electron chi connectivity index (χ0n) is 8.09. The molecule has 2 N–H and O–H groups in total. The Bertz CT molecular complexity index is 157. The largest absolute Gasteiger partial charge is 0.396 e. The molecule has 1 saturated carbocycles. The molecule has 78 valence electrons. The molecule has 1 aliphatic carbocycles. The summed E-state index contributed by atoms with van der Waals surface area (Å²) in [5, 5.41) is 12.3. The van der Waals surface area contributed by atoms with E-state index in [9.17, 15) is 0 Å². The van der Waals surface area contributed by atoms with E-state index in [1.54, 1.807) is 0 Å². The first-order chi connectivity index (χ1) is 5.87. The van der Waals surface area contributed by atoms with Gasteiger partial charge in [0.15, 0.2) is 0 Å². The second-order valence-corrected chi connectivity index (χ2v) is 4.36. The Kier molecular flexibility index (Phi) is 4.02. The van der Waals surface area contributed by atoms with Crippen molar-refractivity contribution in [2.24, 2.45) is 11.3 Å². The summed E-state index contributed by atoms with van der Waals surface area (Å²) in [5.74, 6) is 0.838. The molecule has 0 aromatic rings. The topological polar surface area (TPSA) is 32.3 Å². The third-order valence-electron chi connectivity index (χ3n) is 3.93. The fraction of sp³-hybridized carbons (Fsp3) is 1.00. The van der Waals surface area contributed by atoms with Crippen LogP contribution in [0.5, 0.6) is 0 Å². The molecule has 2 aliphatic rings. The maximum Gasteiger partial charge on any atom is 0.0433 e. The summed E-state index contributed by atoms with van der Waals surface area (Å²) in [6, 6.07) is 0. The van der Waals surface area contributed by atoms with Crippen molar-refractivity contribution in [2.75, 3.05) is 19.7 Å². The van der Waals surface area contributed by atoms with Gasteiger partial charge in [0.25, 0.3) is 0 Å². The maximum absolute atomic E-state index is 8.90. The highest BCUT2D eigenvalue weighted by Crippen LogP contribution is 2.53. The van der Waals surface area contributed by atoms with E-state index in [-0.39, 0.29) is 12.4 Å². The van der Waals surface area contributed by atoms with E-state index in [1.165, 1.54) is 38.8 Å². The SMILES string of the molecule is Cl.OCC[C@@H]1CCC12CCNCC2. The number of aliphatic hydroxyl groups excluding tert-OH is 1. The molecule has 1 saturated heterocycles. The standard InChI is InChI=1S/C10H19NO.ClH/c12-8-2-9-1-3-10(9)4-6-11-7-5-10;/h9,11-12H,1-8H2;1H/t9-;/m0./s1. The molecule has 13 heavy (non-hydrogen) atoms. The highest BCUT2D eigenvalue weighted by atomic mass is 35.5. The zero-order chi connectivity index (χ0) is 8.44. The minimum Gasteiger partial charge on any atom is -0.396 e. The molecule has 0 unspecified atom stereocenters. The van der Waals surface area contributed by atoms with Crippen LogP contribution in [0.15, 0.2) is 0 Å². The van der Waals surface area contributed by atoms with E-state index < -0.39 is 0 Å². The number of rotatable bonds is 2. The Balaban J connectivity index is 0.000000845. The number of piperidine rings is 1. The van der Waals surface area contributed by atoms with Gasteiger partial charge in [0, 0.05) is 6.61 Å². The van der Waals surface area contributed by atoms with Crippen molar-refractivity contribution in [3.63, 3.8) is 0 Å². The summed E-state index contributed by atoms with van der Waals surface area (Å²) >= 11 is 0. The lowest BCUT2D eigenvalue weighted by Gasteiger charge is -2.52. The highest BCUT2D eigenvalue weighted by molar-refractivity contribution is 5.85. The fourth-order valence-electron chi connectivity index (χ4n) is 2.95. The average molecular weight is 206 g/mol. The van der Waals surface area contributed by atoms with Gasteiger partial charge in [-0.25, -0.2) is 0 Å². The van der Waals surface area contributed by atoms with Gasteiger partial charge < -0.3 is 10.4 Å². The van der Waals surface area contributed by atoms with E-state index in [0.717, 1.165) is 12.3 Å². The molecule has 0 aromatic carbocycles. The summed E-state index contributed by atoms with van der Waals surface area (Å²) in [6.45, 7) is 2.78. The first kappa shape index (κ1) is 11.3. The Morgan fingerprint density at radius 3 is 2.38 bits per heavy atom. The molecule has 3 heteroatoms. The third-order valence-corrected chi connectivity index (χ3v) is 3.93. The second-order valence-electron chi connectivity index (χ2n) is 4.36. The van der Waals surface area contributed by atoms with Crippen molar-refractivity contribution < 1.29 is 5.11 Å². The smallest absolute Gasteiger partial charge is 0.0433 e. The molecule has 0 radical (unpaired) electrons. The lowest BCUT2D eigenvalue weighted by atomic mass is 9.55. The highest BCUT2D eigenvalue weighted by Gasteiger charge is 2.45. The molecular formula is C10H20ClNO. The average Bonchev–Trinajstić information content (AvgIpc) is 2.14. The molecule has 1 heterocycles. The number of halogens is 1. The van der Waals surface area contributed by atoms with Crippen LogP contribution in [-0.2, 0) is 0 Å². The number of aliphatic hydroxyl groups is 1. The first-order valence-corrected chi connectivity index (χ1v) is 5.19. The summed E-state index contributed by atoms with van der Waals surface area (Å²) < 4.78 is 0. The van der Waals surface area contributed by atoms with E-state index in [1.807, 2.05) is 0 Å². The van der Waals surface area contributed by atoms with Gasteiger partial charge in [-0.2, -0.15) is 0 Å². The molecule has 1 atom stereocenters. The van der Waals surface area contributed by atoms with E-state index in [4.69, 9.17) is 5.11 Å². The fourth-order valence-corrected chi connectivity index (χ4v) is 2.95. The Labute approximate surface area is 86.5 Å². The van der Waals surface area contributed by atoms with E-state index in [2.05, 4.69) is 5.32 Å². The van der Waals surface area contributed by atoms with Crippen molar-refractivity contribution >= 4 is 12.4 Å². The summed E-state index contributed by atoms with van der Waals surface area (Å²) in [6.07, 6.45) is 6.51. The van der Waals surface area contributed by atoms with Crippen LogP contribution < -0.4 is 5.32 Å². The van der Waals surface area contributed by atoms with Crippen molar-refractivity contribution in [3.05, 3.63) is 0 Å². The molecule has 0 bridgehead atoms. The number of hydrogen-bond donors (Lipinski definition) is 2. The molecular weight excluding hydrogens is 186 g/mol. The maximum atomic E-state index is 8.90. The Hall–Kier alpha value is 0.210. The van der Waals surface area contributed by atoms with Crippen LogP contribution in [-0.4, -0.2) is 24.8 Å². The summed E-state index contributed by atoms with van der Waals surface area (Å²) in [5.41, 5.74) is 0.647. The predicted molar refractivity (Wildman–Crippen MR) is 56.2 cm³/mol. The van der Waals surface area contributed by atoms with Gasteiger partial charge >= 0.3 is 0 Å². The van der Waals surface area contributed by atoms with Gasteiger partial charge in [-0.05, 0) is 56.5 Å².